The number of ketones is 1. The summed E-state index contributed by atoms with van der Waals surface area (Å²) in [5, 5.41) is 6.20. The Kier molecular flexibility index (Phi) is 21.4. The highest BCUT2D eigenvalue weighted by Crippen LogP contribution is 2.46. The van der Waals surface area contributed by atoms with E-state index in [1.807, 2.05) is 5.32 Å². The minimum atomic E-state index is -5.20. The van der Waals surface area contributed by atoms with Crippen LogP contribution in [0.1, 0.15) is 82.2 Å². The molecule has 4 aromatic rings. The normalized spacial score (nSPS) is 18.1. The number of ether oxygens (including phenoxy) is 4. The standard InChI is InChI=1S/C58H68F10N10O9/c1-55(2,57(63,64)65)42(23-48(80)84-7)51(82)73-76(28-41-43(59)20-36(21-44(41)60)45-17-18-77(72-45)52(61)62)29-47(87-49(81)30-74(5)6)37(22-46(79)50(71-54(83)85-8)56(3,4)58(66,67)68)19-34-12-9-33(10-13-34)11-14-35-24-69-53(70-25-35)75-26-38-15-16-39(27-75)78(38)40-31-86-32-40/h9-10,12-13,17-18,20-21,24-25,37-40,42,47,50,52H,15-16,19,22-23,26-32H2,1-8H3,(H,71,83)(H,73,82)/t37-,38?,39?,42-,47+,50-/m1/s1. The number of fused-ring (bicyclic) bond motifs is 2. The zero-order valence-electron chi connectivity index (χ0n) is 48.9. The molecule has 0 spiro atoms. The molecule has 3 aliphatic heterocycles. The van der Waals surface area contributed by atoms with Gasteiger partial charge in [-0.05, 0) is 83.1 Å². The molecule has 19 nitrogen and oxygen atoms in total. The second-order valence-electron chi connectivity index (χ2n) is 23.1. The number of alkyl carbamates (subject to hydrolysis) is 1. The zero-order valence-corrected chi connectivity index (χ0v) is 48.9. The van der Waals surface area contributed by atoms with E-state index >= 15 is 8.78 Å². The van der Waals surface area contributed by atoms with Crippen LogP contribution in [0.5, 0.6) is 0 Å². The van der Waals surface area contributed by atoms with E-state index in [4.69, 9.17) is 9.47 Å². The summed E-state index contributed by atoms with van der Waals surface area (Å²) in [6.07, 6.45) is -10.1. The van der Waals surface area contributed by atoms with Crippen molar-refractivity contribution in [3.8, 4) is 23.1 Å². The molecule has 6 atom stereocenters. The highest BCUT2D eigenvalue weighted by Gasteiger charge is 2.57. The summed E-state index contributed by atoms with van der Waals surface area (Å²) < 4.78 is 169. The smallest absolute Gasteiger partial charge is 0.407 e. The van der Waals surface area contributed by atoms with Gasteiger partial charge in [0.2, 0.25) is 11.9 Å². The summed E-state index contributed by atoms with van der Waals surface area (Å²) in [5.74, 6) is -5.38. The minimum Gasteiger partial charge on any atom is -0.469 e. The summed E-state index contributed by atoms with van der Waals surface area (Å²) in [6, 6.07) is 7.33. The monoisotopic (exact) mass is 1240 g/mol. The number of likely N-dealkylation sites (N-methyl/N-ethyl adjacent to an activating group) is 1. The molecule has 0 radical (unpaired) electrons. The number of esters is 2. The number of alkyl halides is 8. The molecule has 2 N–H and O–H groups in total. The van der Waals surface area contributed by atoms with Gasteiger partial charge >= 0.3 is 36.9 Å². The van der Waals surface area contributed by atoms with Gasteiger partial charge in [-0.1, -0.05) is 37.8 Å². The number of amides is 2. The molecular weight excluding hydrogens is 1170 g/mol. The van der Waals surface area contributed by atoms with Crippen LogP contribution in [0.25, 0.3) is 11.3 Å². The molecular formula is C58H68F10N10O9. The number of hydrazine groups is 1. The first-order valence-electron chi connectivity index (χ1n) is 27.6. The van der Waals surface area contributed by atoms with E-state index in [9.17, 15) is 59.1 Å². The average molecular weight is 1240 g/mol. The lowest BCUT2D eigenvalue weighted by atomic mass is 9.75. The van der Waals surface area contributed by atoms with Crippen LogP contribution in [-0.4, -0.2) is 175 Å². The van der Waals surface area contributed by atoms with Crippen LogP contribution in [0, 0.1) is 46.1 Å². The fraction of sp³-hybridized carbons (Fsp3) is 0.552. The first-order chi connectivity index (χ1) is 40.8. The van der Waals surface area contributed by atoms with E-state index in [2.05, 4.69) is 51.6 Å². The Labute approximate surface area is 495 Å². The fourth-order valence-electron chi connectivity index (χ4n) is 10.7. The first-order valence-corrected chi connectivity index (χ1v) is 27.6. The van der Waals surface area contributed by atoms with E-state index in [1.54, 1.807) is 24.5 Å². The number of hydrogen-bond acceptors (Lipinski definition) is 16. The van der Waals surface area contributed by atoms with Gasteiger partial charge in [0.15, 0.2) is 5.78 Å². The Bertz CT molecular complexity index is 3110. The van der Waals surface area contributed by atoms with Gasteiger partial charge in [0.25, 0.3) is 0 Å². The van der Waals surface area contributed by atoms with E-state index in [1.165, 1.54) is 31.1 Å². The summed E-state index contributed by atoms with van der Waals surface area (Å²) in [7, 11) is 4.59. The number of Topliss-reactive ketones (excluding diaryl/α,β-unsaturated/α-hetero) is 1. The van der Waals surface area contributed by atoms with Crippen molar-refractivity contribution in [3.63, 3.8) is 0 Å². The molecule has 3 saturated heterocycles. The van der Waals surface area contributed by atoms with E-state index in [0.29, 0.717) is 85.6 Å². The molecule has 474 valence electrons. The number of hydrogen-bond donors (Lipinski definition) is 2. The van der Waals surface area contributed by atoms with Crippen LogP contribution in [0.4, 0.5) is 54.6 Å². The molecule has 2 amide bonds. The van der Waals surface area contributed by atoms with Crippen LogP contribution in [-0.2, 0) is 51.1 Å². The third-order valence-electron chi connectivity index (χ3n) is 16.0. The second-order valence-corrected chi connectivity index (χ2v) is 23.1. The highest BCUT2D eigenvalue weighted by molar-refractivity contribution is 5.89. The number of carbonyl (C=O) groups excluding carboxylic acids is 5. The van der Waals surface area contributed by atoms with Crippen molar-refractivity contribution < 1.29 is 86.8 Å². The zero-order chi connectivity index (χ0) is 63.9. The molecule has 3 fully saturated rings. The summed E-state index contributed by atoms with van der Waals surface area (Å²) >= 11 is 0. The molecule has 3 aliphatic rings. The van der Waals surface area contributed by atoms with Gasteiger partial charge < -0.3 is 29.2 Å². The maximum atomic E-state index is 16.4. The van der Waals surface area contributed by atoms with Crippen molar-refractivity contribution in [2.75, 3.05) is 72.6 Å². The Morgan fingerprint density at radius 2 is 1.39 bits per heavy atom. The summed E-state index contributed by atoms with van der Waals surface area (Å²) in [5.41, 5.74) is -4.24. The topological polar surface area (TPSA) is 203 Å². The minimum absolute atomic E-state index is 0.205. The van der Waals surface area contributed by atoms with Gasteiger partial charge in [-0.25, -0.2) is 33.2 Å². The fourth-order valence-corrected chi connectivity index (χ4v) is 10.7. The molecule has 0 saturated carbocycles. The third kappa shape index (κ3) is 16.4. The van der Waals surface area contributed by atoms with Crippen LogP contribution < -0.4 is 15.6 Å². The van der Waals surface area contributed by atoms with Gasteiger partial charge in [-0.3, -0.25) is 34.4 Å². The van der Waals surface area contributed by atoms with Crippen molar-refractivity contribution in [1.82, 2.24) is 45.3 Å². The highest BCUT2D eigenvalue weighted by atomic mass is 19.4. The molecule has 2 bridgehead atoms. The van der Waals surface area contributed by atoms with Crippen LogP contribution in [0.3, 0.4) is 0 Å². The molecule has 29 heteroatoms. The average Bonchev–Trinajstić information content (AvgIpc) is 1.90. The van der Waals surface area contributed by atoms with Crippen molar-refractivity contribution in [1.29, 1.82) is 0 Å². The molecule has 2 aromatic carbocycles. The number of halogens is 10. The molecule has 2 aromatic heterocycles. The van der Waals surface area contributed by atoms with Crippen molar-refractivity contribution in [2.24, 2.45) is 22.7 Å². The van der Waals surface area contributed by atoms with Gasteiger partial charge in [-0.2, -0.15) is 40.2 Å². The number of anilines is 1. The van der Waals surface area contributed by atoms with Crippen molar-refractivity contribution >= 4 is 35.7 Å². The SMILES string of the molecule is COC(=O)C[C@H](C(=O)NN(Cc1c(F)cc(-c2ccn(C(F)F)n2)cc1F)C[C@H](OC(=O)CN(C)C)[C@@H](CC(=O)[C@@H](NC(=O)OC)C(C)(C)C(F)(F)F)Cc1ccc(C#Cc2cnc(N3CC4CCC(C3)N4C3COC3)nc2)cc1)C(C)(C)C(F)(F)F. The van der Waals surface area contributed by atoms with Crippen LogP contribution >= 0.6 is 0 Å². The van der Waals surface area contributed by atoms with E-state index < -0.39 is 140 Å². The Morgan fingerprint density at radius 3 is 1.91 bits per heavy atom. The van der Waals surface area contributed by atoms with Crippen molar-refractivity contribution in [2.45, 2.75) is 116 Å². The molecule has 0 aliphatic carbocycles. The Hall–Kier alpha value is -7.42. The molecule has 2 unspecified atom stereocenters. The predicted molar refractivity (Wildman–Crippen MR) is 292 cm³/mol. The lowest BCUT2D eigenvalue weighted by Gasteiger charge is -2.47. The van der Waals surface area contributed by atoms with E-state index in [0.717, 1.165) is 65.6 Å². The van der Waals surface area contributed by atoms with Gasteiger partial charge in [0, 0.05) is 79.3 Å². The molecule has 5 heterocycles. The number of carbonyl (C=O) groups is 5. The first kappa shape index (κ1) is 67.1. The van der Waals surface area contributed by atoms with Gasteiger partial charge in [0.1, 0.15) is 23.8 Å². The van der Waals surface area contributed by atoms with Gasteiger partial charge in [-0.15, -0.1) is 0 Å². The largest absolute Gasteiger partial charge is 0.469 e. The Balaban J connectivity index is 1.27. The number of piperazine rings is 1. The number of methoxy groups -OCH3 is 2. The third-order valence-corrected chi connectivity index (χ3v) is 16.0. The van der Waals surface area contributed by atoms with Gasteiger partial charge in [0.05, 0.1) is 81.0 Å². The lowest BCUT2D eigenvalue weighted by molar-refractivity contribution is -0.231. The van der Waals surface area contributed by atoms with Crippen molar-refractivity contribution in [3.05, 3.63) is 94.9 Å². The maximum absolute atomic E-state index is 16.4. The number of aromatic nitrogens is 4. The summed E-state index contributed by atoms with van der Waals surface area (Å²) in [6.45, 7) is -0.334. The van der Waals surface area contributed by atoms with Crippen LogP contribution in [0.2, 0.25) is 0 Å². The number of nitrogens with zero attached hydrogens (tertiary/aromatic N) is 8. The number of nitrogens with one attached hydrogen (secondary N) is 2. The molecule has 7 rings (SSSR count). The summed E-state index contributed by atoms with van der Waals surface area (Å²) in [4.78, 5) is 83.5. The Morgan fingerprint density at radius 1 is 0.793 bits per heavy atom. The number of rotatable bonds is 24. The lowest BCUT2D eigenvalue weighted by Crippen LogP contribution is -2.62. The quantitative estimate of drug-likeness (QED) is 0.0227. The maximum Gasteiger partial charge on any atom is 0.407 e. The molecule has 87 heavy (non-hydrogen) atoms. The number of benzene rings is 2. The van der Waals surface area contributed by atoms with Crippen LogP contribution in [0.15, 0.2) is 61.1 Å². The second kappa shape index (κ2) is 27.7. The van der Waals surface area contributed by atoms with E-state index in [-0.39, 0.29) is 15.9 Å². The predicted octanol–water partition coefficient (Wildman–Crippen LogP) is 7.67.